The van der Waals surface area contributed by atoms with Gasteiger partial charge in [0.25, 0.3) is 0 Å². The smallest absolute Gasteiger partial charge is 0.229 e. The minimum atomic E-state index is -0.338. The fourth-order valence-electron chi connectivity index (χ4n) is 1.70. The summed E-state index contributed by atoms with van der Waals surface area (Å²) in [6.07, 6.45) is 6.08. The molecule has 1 atom stereocenters. The molecule has 0 saturated heterocycles. The number of aromatic nitrogens is 2. The highest BCUT2D eigenvalue weighted by Crippen LogP contribution is 2.06. The van der Waals surface area contributed by atoms with Crippen LogP contribution in [0.2, 0.25) is 0 Å². The number of amides is 1. The van der Waals surface area contributed by atoms with Crippen LogP contribution in [0.3, 0.4) is 0 Å². The van der Waals surface area contributed by atoms with Crippen molar-refractivity contribution in [3.8, 4) is 0 Å². The molecule has 0 aliphatic carbocycles. The van der Waals surface area contributed by atoms with E-state index in [9.17, 15) is 4.79 Å². The zero-order valence-corrected chi connectivity index (χ0v) is 11.4. The first-order valence-corrected chi connectivity index (χ1v) is 6.60. The third kappa shape index (κ3) is 4.83. The Kier molecular flexibility index (Phi) is 6.35. The second kappa shape index (κ2) is 7.81. The third-order valence-corrected chi connectivity index (χ3v) is 2.94. The number of carbonyl (C=O) groups excluding carboxylic acids is 1. The summed E-state index contributed by atoms with van der Waals surface area (Å²) in [5.41, 5.74) is 5.56. The number of nitrogens with zero attached hydrogens (tertiary/aromatic N) is 2. The summed E-state index contributed by atoms with van der Waals surface area (Å²) in [5.74, 6) is -0.403. The number of hydrogen-bond acceptors (Lipinski definition) is 3. The SMILES string of the molecule is CCCC(C(=O)NCCCn1cccn1)C(N)=S. The standard InChI is InChI=1S/C12H20N4OS/c1-2-5-10(11(13)18)12(17)14-6-3-8-16-9-4-7-15-16/h4,7,9-10H,2-3,5-6,8H2,1H3,(H2,13,18)(H,14,17). The Labute approximate surface area is 113 Å². The summed E-state index contributed by atoms with van der Waals surface area (Å²) < 4.78 is 1.84. The Hall–Kier alpha value is -1.43. The summed E-state index contributed by atoms with van der Waals surface area (Å²) in [4.78, 5) is 12.1. The maximum atomic E-state index is 11.8. The molecule has 18 heavy (non-hydrogen) atoms. The lowest BCUT2D eigenvalue weighted by Crippen LogP contribution is -2.38. The molecule has 0 bridgehead atoms. The Morgan fingerprint density at radius 1 is 1.61 bits per heavy atom. The van der Waals surface area contributed by atoms with Crippen LogP contribution >= 0.6 is 12.2 Å². The Morgan fingerprint density at radius 2 is 2.39 bits per heavy atom. The third-order valence-electron chi connectivity index (χ3n) is 2.66. The summed E-state index contributed by atoms with van der Waals surface area (Å²) in [5, 5.41) is 6.95. The Balaban J connectivity index is 2.24. The molecular weight excluding hydrogens is 248 g/mol. The maximum absolute atomic E-state index is 11.8. The highest BCUT2D eigenvalue weighted by Gasteiger charge is 2.19. The summed E-state index contributed by atoms with van der Waals surface area (Å²) in [6, 6.07) is 1.88. The zero-order valence-electron chi connectivity index (χ0n) is 10.6. The summed E-state index contributed by atoms with van der Waals surface area (Å²) in [6.45, 7) is 3.41. The molecule has 1 amide bonds. The number of thiocarbonyl (C=S) groups is 1. The average Bonchev–Trinajstić information content (AvgIpc) is 2.84. The quantitative estimate of drug-likeness (QED) is 0.547. The van der Waals surface area contributed by atoms with Gasteiger partial charge in [-0.05, 0) is 18.9 Å². The number of rotatable bonds is 8. The van der Waals surface area contributed by atoms with Crippen LogP contribution in [0, 0.1) is 5.92 Å². The van der Waals surface area contributed by atoms with Gasteiger partial charge in [0.1, 0.15) is 0 Å². The minimum Gasteiger partial charge on any atom is -0.393 e. The maximum Gasteiger partial charge on any atom is 0.229 e. The molecule has 1 aromatic rings. The van der Waals surface area contributed by atoms with Crippen LogP contribution in [0.1, 0.15) is 26.2 Å². The molecule has 1 aromatic heterocycles. The Bertz CT molecular complexity index is 377. The first kappa shape index (κ1) is 14.6. The Morgan fingerprint density at radius 3 is 2.94 bits per heavy atom. The molecule has 1 heterocycles. The van der Waals surface area contributed by atoms with E-state index in [2.05, 4.69) is 10.4 Å². The molecule has 6 heteroatoms. The number of carbonyl (C=O) groups is 1. The van der Waals surface area contributed by atoms with Gasteiger partial charge < -0.3 is 11.1 Å². The largest absolute Gasteiger partial charge is 0.393 e. The molecule has 0 fully saturated rings. The van der Waals surface area contributed by atoms with Gasteiger partial charge in [0, 0.05) is 25.5 Å². The van der Waals surface area contributed by atoms with Gasteiger partial charge in [0.2, 0.25) is 5.91 Å². The van der Waals surface area contributed by atoms with E-state index in [1.165, 1.54) is 0 Å². The van der Waals surface area contributed by atoms with E-state index in [0.717, 1.165) is 19.4 Å². The van der Waals surface area contributed by atoms with Crippen molar-refractivity contribution < 1.29 is 4.79 Å². The topological polar surface area (TPSA) is 72.9 Å². The zero-order chi connectivity index (χ0) is 13.4. The van der Waals surface area contributed by atoms with Gasteiger partial charge in [-0.1, -0.05) is 25.6 Å². The lowest BCUT2D eigenvalue weighted by molar-refractivity contribution is -0.123. The molecule has 0 aromatic carbocycles. The molecule has 3 N–H and O–H groups in total. The van der Waals surface area contributed by atoms with E-state index in [-0.39, 0.29) is 16.8 Å². The molecule has 0 radical (unpaired) electrons. The van der Waals surface area contributed by atoms with Crippen LogP contribution in [0.25, 0.3) is 0 Å². The number of nitrogens with one attached hydrogen (secondary N) is 1. The lowest BCUT2D eigenvalue weighted by Gasteiger charge is -2.14. The van der Waals surface area contributed by atoms with Crippen molar-refractivity contribution in [1.29, 1.82) is 0 Å². The van der Waals surface area contributed by atoms with E-state index in [1.54, 1.807) is 6.20 Å². The van der Waals surface area contributed by atoms with Crippen LogP contribution in [-0.2, 0) is 11.3 Å². The van der Waals surface area contributed by atoms with E-state index < -0.39 is 0 Å². The number of aryl methyl sites for hydroxylation is 1. The van der Waals surface area contributed by atoms with E-state index in [0.29, 0.717) is 13.0 Å². The predicted octanol–water partition coefficient (Wildman–Crippen LogP) is 1.09. The van der Waals surface area contributed by atoms with Gasteiger partial charge in [-0.15, -0.1) is 0 Å². The molecular formula is C12H20N4OS. The van der Waals surface area contributed by atoms with Crippen LogP contribution in [0.5, 0.6) is 0 Å². The van der Waals surface area contributed by atoms with E-state index in [1.807, 2.05) is 23.9 Å². The number of hydrogen-bond donors (Lipinski definition) is 2. The molecule has 100 valence electrons. The van der Waals surface area contributed by atoms with Gasteiger partial charge in [-0.25, -0.2) is 0 Å². The highest BCUT2D eigenvalue weighted by molar-refractivity contribution is 7.80. The number of nitrogens with two attached hydrogens (primary N) is 1. The fourth-order valence-corrected chi connectivity index (χ4v) is 1.92. The monoisotopic (exact) mass is 268 g/mol. The molecule has 0 aliphatic rings. The summed E-state index contributed by atoms with van der Waals surface area (Å²) >= 11 is 4.91. The van der Waals surface area contributed by atoms with Crippen molar-refractivity contribution in [3.63, 3.8) is 0 Å². The minimum absolute atomic E-state index is 0.0650. The van der Waals surface area contributed by atoms with E-state index >= 15 is 0 Å². The van der Waals surface area contributed by atoms with Crippen molar-refractivity contribution in [3.05, 3.63) is 18.5 Å². The van der Waals surface area contributed by atoms with Crippen molar-refractivity contribution in [2.24, 2.45) is 11.7 Å². The highest BCUT2D eigenvalue weighted by atomic mass is 32.1. The van der Waals surface area contributed by atoms with E-state index in [4.69, 9.17) is 18.0 Å². The lowest BCUT2D eigenvalue weighted by atomic mass is 10.0. The molecule has 1 rings (SSSR count). The summed E-state index contributed by atoms with van der Waals surface area (Å²) in [7, 11) is 0. The average molecular weight is 268 g/mol. The fraction of sp³-hybridized carbons (Fsp3) is 0.583. The first-order chi connectivity index (χ1) is 8.65. The molecule has 1 unspecified atom stereocenters. The first-order valence-electron chi connectivity index (χ1n) is 6.19. The van der Waals surface area contributed by atoms with Gasteiger partial charge in [0.05, 0.1) is 10.9 Å². The molecule has 0 aliphatic heterocycles. The van der Waals surface area contributed by atoms with Crippen molar-refractivity contribution in [2.45, 2.75) is 32.7 Å². The van der Waals surface area contributed by atoms with Crippen molar-refractivity contribution >= 4 is 23.1 Å². The molecule has 5 nitrogen and oxygen atoms in total. The van der Waals surface area contributed by atoms with Crippen LogP contribution in [-0.4, -0.2) is 27.2 Å². The van der Waals surface area contributed by atoms with Crippen molar-refractivity contribution in [1.82, 2.24) is 15.1 Å². The predicted molar refractivity (Wildman–Crippen MR) is 75.0 cm³/mol. The van der Waals surface area contributed by atoms with Gasteiger partial charge in [-0.3, -0.25) is 9.48 Å². The van der Waals surface area contributed by atoms with Gasteiger partial charge in [0.15, 0.2) is 0 Å². The van der Waals surface area contributed by atoms with Crippen LogP contribution in [0.15, 0.2) is 18.5 Å². The van der Waals surface area contributed by atoms with Crippen LogP contribution in [0.4, 0.5) is 0 Å². The normalized spacial score (nSPS) is 12.1. The van der Waals surface area contributed by atoms with Gasteiger partial charge in [-0.2, -0.15) is 5.10 Å². The second-order valence-electron chi connectivity index (χ2n) is 4.16. The second-order valence-corrected chi connectivity index (χ2v) is 4.63. The molecule has 0 spiro atoms. The molecule has 0 saturated carbocycles. The van der Waals surface area contributed by atoms with Crippen molar-refractivity contribution in [2.75, 3.05) is 6.54 Å². The van der Waals surface area contributed by atoms with Crippen LogP contribution < -0.4 is 11.1 Å². The van der Waals surface area contributed by atoms with Gasteiger partial charge >= 0.3 is 0 Å².